The number of nitrogens with zero attached hydrogens (tertiary/aromatic N) is 2. The lowest BCUT2D eigenvalue weighted by Crippen LogP contribution is -2.50. The second-order valence-electron chi connectivity index (χ2n) is 6.48. The summed E-state index contributed by atoms with van der Waals surface area (Å²) in [6.07, 6.45) is 0. The van der Waals surface area contributed by atoms with Crippen LogP contribution in [0.5, 0.6) is 0 Å². The summed E-state index contributed by atoms with van der Waals surface area (Å²) in [6.45, 7) is 3.99. The van der Waals surface area contributed by atoms with Gasteiger partial charge in [0.2, 0.25) is 5.91 Å². The first-order chi connectivity index (χ1) is 12.8. The van der Waals surface area contributed by atoms with E-state index in [0.29, 0.717) is 12.3 Å². The number of carbonyl (C=O) groups excluding carboxylic acids is 1. The van der Waals surface area contributed by atoms with E-state index >= 15 is 0 Å². The number of rotatable bonds is 7. The normalized spacial score (nSPS) is 15.4. The van der Waals surface area contributed by atoms with Crippen molar-refractivity contribution in [3.63, 3.8) is 0 Å². The monoisotopic (exact) mass is 369 g/mol. The molecule has 1 aliphatic rings. The zero-order chi connectivity index (χ0) is 18.2. The van der Waals surface area contributed by atoms with Gasteiger partial charge in [0, 0.05) is 38.5 Å². The summed E-state index contributed by atoms with van der Waals surface area (Å²) in [5.74, 6) is 1.62. The molecule has 1 aliphatic heterocycles. The SMILES string of the molecule is NCCSCC(=O)N1CCN(C(c2ccccc2)c2ccccc2)CC1. The van der Waals surface area contributed by atoms with Crippen LogP contribution in [0.25, 0.3) is 0 Å². The van der Waals surface area contributed by atoms with E-state index in [1.807, 2.05) is 4.90 Å². The van der Waals surface area contributed by atoms with Gasteiger partial charge in [-0.05, 0) is 11.1 Å². The summed E-state index contributed by atoms with van der Waals surface area (Å²) in [5, 5.41) is 0. The molecule has 0 bridgehead atoms. The van der Waals surface area contributed by atoms with Gasteiger partial charge in [0.05, 0.1) is 11.8 Å². The number of carbonyl (C=O) groups is 1. The van der Waals surface area contributed by atoms with E-state index in [9.17, 15) is 4.79 Å². The van der Waals surface area contributed by atoms with Gasteiger partial charge in [0.1, 0.15) is 0 Å². The lowest BCUT2D eigenvalue weighted by Gasteiger charge is -2.39. The van der Waals surface area contributed by atoms with Crippen LogP contribution in [-0.4, -0.2) is 59.9 Å². The topological polar surface area (TPSA) is 49.6 Å². The van der Waals surface area contributed by atoms with Gasteiger partial charge in [0.25, 0.3) is 0 Å². The van der Waals surface area contributed by atoms with E-state index in [1.165, 1.54) is 11.1 Å². The molecular formula is C21H27N3OS. The molecule has 1 fully saturated rings. The Balaban J connectivity index is 1.67. The van der Waals surface area contributed by atoms with Gasteiger partial charge in [0.15, 0.2) is 0 Å². The van der Waals surface area contributed by atoms with Crippen LogP contribution >= 0.6 is 11.8 Å². The standard InChI is InChI=1S/C21H27N3OS/c22-11-16-26-17-20(25)23-12-14-24(15-13-23)21(18-7-3-1-4-8-18)19-9-5-2-6-10-19/h1-10,21H,11-17,22H2. The molecular weight excluding hydrogens is 342 g/mol. The zero-order valence-corrected chi connectivity index (χ0v) is 15.9. The third-order valence-corrected chi connectivity index (χ3v) is 5.73. The molecule has 0 spiro atoms. The van der Waals surface area contributed by atoms with Crippen LogP contribution in [0.3, 0.4) is 0 Å². The van der Waals surface area contributed by atoms with Gasteiger partial charge in [-0.3, -0.25) is 9.69 Å². The molecule has 4 nitrogen and oxygen atoms in total. The lowest BCUT2D eigenvalue weighted by atomic mass is 9.96. The Labute approximate surface area is 160 Å². The minimum Gasteiger partial charge on any atom is -0.339 e. The first-order valence-electron chi connectivity index (χ1n) is 9.19. The number of amides is 1. The highest BCUT2D eigenvalue weighted by Gasteiger charge is 2.27. The third kappa shape index (κ3) is 4.87. The molecule has 5 heteroatoms. The van der Waals surface area contributed by atoms with Crippen molar-refractivity contribution >= 4 is 17.7 Å². The van der Waals surface area contributed by atoms with E-state index in [0.717, 1.165) is 31.9 Å². The fraction of sp³-hybridized carbons (Fsp3) is 0.381. The van der Waals surface area contributed by atoms with Crippen molar-refractivity contribution < 1.29 is 4.79 Å². The first-order valence-corrected chi connectivity index (χ1v) is 10.3. The van der Waals surface area contributed by atoms with E-state index in [1.54, 1.807) is 11.8 Å². The van der Waals surface area contributed by atoms with Crippen LogP contribution in [0, 0.1) is 0 Å². The Bertz CT molecular complexity index is 633. The van der Waals surface area contributed by atoms with Crippen molar-refractivity contribution in [2.45, 2.75) is 6.04 Å². The average molecular weight is 370 g/mol. The predicted molar refractivity (Wildman–Crippen MR) is 109 cm³/mol. The second-order valence-corrected chi connectivity index (χ2v) is 7.59. The summed E-state index contributed by atoms with van der Waals surface area (Å²) in [7, 11) is 0. The van der Waals surface area contributed by atoms with Gasteiger partial charge in [-0.2, -0.15) is 11.8 Å². The van der Waals surface area contributed by atoms with Gasteiger partial charge >= 0.3 is 0 Å². The van der Waals surface area contributed by atoms with Crippen LogP contribution in [0.15, 0.2) is 60.7 Å². The number of nitrogens with two attached hydrogens (primary N) is 1. The maximum atomic E-state index is 12.3. The summed E-state index contributed by atoms with van der Waals surface area (Å²) in [6, 6.07) is 21.5. The van der Waals surface area contributed by atoms with Crippen molar-refractivity contribution in [1.29, 1.82) is 0 Å². The summed E-state index contributed by atoms with van der Waals surface area (Å²) >= 11 is 1.63. The maximum absolute atomic E-state index is 12.3. The fourth-order valence-electron chi connectivity index (χ4n) is 3.45. The highest BCUT2D eigenvalue weighted by atomic mass is 32.2. The Hall–Kier alpha value is -1.82. The molecule has 2 N–H and O–H groups in total. The van der Waals surface area contributed by atoms with Crippen LogP contribution in [0.4, 0.5) is 0 Å². The molecule has 2 aromatic rings. The maximum Gasteiger partial charge on any atom is 0.232 e. The molecule has 3 rings (SSSR count). The largest absolute Gasteiger partial charge is 0.339 e. The highest BCUT2D eigenvalue weighted by molar-refractivity contribution is 7.99. The molecule has 0 aliphatic carbocycles. The molecule has 0 unspecified atom stereocenters. The molecule has 0 radical (unpaired) electrons. The summed E-state index contributed by atoms with van der Waals surface area (Å²) in [5.41, 5.74) is 8.11. The van der Waals surface area contributed by atoms with Crippen molar-refractivity contribution in [2.24, 2.45) is 5.73 Å². The Morgan fingerprint density at radius 2 is 1.46 bits per heavy atom. The van der Waals surface area contributed by atoms with Crippen molar-refractivity contribution in [3.8, 4) is 0 Å². The van der Waals surface area contributed by atoms with Gasteiger partial charge < -0.3 is 10.6 Å². The van der Waals surface area contributed by atoms with Gasteiger partial charge in [-0.1, -0.05) is 60.7 Å². The van der Waals surface area contributed by atoms with Crippen molar-refractivity contribution in [2.75, 3.05) is 44.2 Å². The Morgan fingerprint density at radius 1 is 0.923 bits per heavy atom. The summed E-state index contributed by atoms with van der Waals surface area (Å²) in [4.78, 5) is 16.8. The lowest BCUT2D eigenvalue weighted by molar-refractivity contribution is -0.130. The molecule has 2 aromatic carbocycles. The number of benzene rings is 2. The molecule has 1 saturated heterocycles. The fourth-order valence-corrected chi connectivity index (χ4v) is 4.12. The molecule has 1 heterocycles. The molecule has 0 saturated carbocycles. The number of piperazine rings is 1. The van der Waals surface area contributed by atoms with Crippen LogP contribution in [0.2, 0.25) is 0 Å². The predicted octanol–water partition coefficient (Wildman–Crippen LogP) is 2.61. The van der Waals surface area contributed by atoms with Gasteiger partial charge in [-0.25, -0.2) is 0 Å². The van der Waals surface area contributed by atoms with E-state index in [4.69, 9.17) is 5.73 Å². The smallest absolute Gasteiger partial charge is 0.232 e. The number of thioether (sulfide) groups is 1. The first kappa shape index (κ1) is 19.0. The number of hydrogen-bond acceptors (Lipinski definition) is 4. The van der Waals surface area contributed by atoms with Crippen LogP contribution in [0.1, 0.15) is 17.2 Å². The molecule has 0 atom stereocenters. The van der Waals surface area contributed by atoms with Crippen LogP contribution in [-0.2, 0) is 4.79 Å². The average Bonchev–Trinajstić information content (AvgIpc) is 2.70. The minimum absolute atomic E-state index is 0.235. The molecule has 0 aromatic heterocycles. The molecule has 1 amide bonds. The second kappa shape index (κ2) is 9.76. The Morgan fingerprint density at radius 3 is 1.96 bits per heavy atom. The van der Waals surface area contributed by atoms with Crippen molar-refractivity contribution in [1.82, 2.24) is 9.80 Å². The minimum atomic E-state index is 0.235. The molecule has 26 heavy (non-hydrogen) atoms. The zero-order valence-electron chi connectivity index (χ0n) is 15.1. The molecule has 138 valence electrons. The third-order valence-electron chi connectivity index (χ3n) is 4.75. The summed E-state index contributed by atoms with van der Waals surface area (Å²) < 4.78 is 0. The van der Waals surface area contributed by atoms with Crippen molar-refractivity contribution in [3.05, 3.63) is 71.8 Å². The Kier molecular flexibility index (Phi) is 7.12. The van der Waals surface area contributed by atoms with Gasteiger partial charge in [-0.15, -0.1) is 0 Å². The quantitative estimate of drug-likeness (QED) is 0.762. The number of hydrogen-bond donors (Lipinski definition) is 1. The van der Waals surface area contributed by atoms with Crippen LogP contribution < -0.4 is 5.73 Å². The highest BCUT2D eigenvalue weighted by Crippen LogP contribution is 2.29. The van der Waals surface area contributed by atoms with E-state index in [2.05, 4.69) is 65.6 Å². The van der Waals surface area contributed by atoms with E-state index < -0.39 is 0 Å². The van der Waals surface area contributed by atoms with E-state index in [-0.39, 0.29) is 11.9 Å².